The van der Waals surface area contributed by atoms with Crippen molar-refractivity contribution in [2.75, 3.05) is 19.8 Å². The van der Waals surface area contributed by atoms with Gasteiger partial charge >= 0.3 is 15.6 Å². The van der Waals surface area contributed by atoms with E-state index >= 15 is 0 Å². The highest BCUT2D eigenvalue weighted by Crippen LogP contribution is 2.53. The summed E-state index contributed by atoms with van der Waals surface area (Å²) in [5.41, 5.74) is -2.50. The molecule has 0 fully saturated rings. The van der Waals surface area contributed by atoms with Gasteiger partial charge in [0.15, 0.2) is 0 Å². The van der Waals surface area contributed by atoms with Crippen molar-refractivity contribution in [3.8, 4) is 0 Å². The molecule has 0 heterocycles. The van der Waals surface area contributed by atoms with Crippen molar-refractivity contribution in [1.29, 1.82) is 0 Å². The van der Waals surface area contributed by atoms with E-state index in [0.29, 0.717) is 0 Å². The van der Waals surface area contributed by atoms with E-state index in [-0.39, 0.29) is 0 Å². The zero-order valence-corrected chi connectivity index (χ0v) is 12.6. The summed E-state index contributed by atoms with van der Waals surface area (Å²) in [7, 11) is -10.1. The maximum Gasteiger partial charge on any atom is 0.478 e. The Bertz CT molecular complexity index is 331. The van der Waals surface area contributed by atoms with Crippen LogP contribution in [0.4, 0.5) is 0 Å². The van der Waals surface area contributed by atoms with Crippen molar-refractivity contribution in [3.05, 3.63) is 0 Å². The molecule has 0 aromatic rings. The van der Waals surface area contributed by atoms with Crippen LogP contribution >= 0.6 is 15.6 Å². The second kappa shape index (κ2) is 7.92. The molecule has 0 aliphatic rings. The van der Waals surface area contributed by atoms with E-state index in [1.165, 1.54) is 13.8 Å². The fraction of sp³-hybridized carbons (Fsp3) is 1.00. The third-order valence-corrected chi connectivity index (χ3v) is 4.12. The lowest BCUT2D eigenvalue weighted by atomic mass is 9.76. The Labute approximate surface area is 115 Å². The zero-order chi connectivity index (χ0) is 16.8. The number of aliphatic hydroxyl groups excluding tert-OH is 3. The van der Waals surface area contributed by atoms with Gasteiger partial charge in [-0.1, -0.05) is 0 Å². The summed E-state index contributed by atoms with van der Waals surface area (Å²) in [5.74, 6) is 0. The van der Waals surface area contributed by atoms with Gasteiger partial charge in [-0.3, -0.25) is 0 Å². The first-order valence-electron chi connectivity index (χ1n) is 5.01. The van der Waals surface area contributed by atoms with E-state index in [0.717, 1.165) is 0 Å². The van der Waals surface area contributed by atoms with E-state index in [9.17, 15) is 14.2 Å². The molecule has 124 valence electrons. The van der Waals surface area contributed by atoms with Gasteiger partial charge in [0.05, 0.1) is 30.8 Å². The van der Waals surface area contributed by atoms with Gasteiger partial charge in [0.2, 0.25) is 0 Å². The molecule has 0 amide bonds. The van der Waals surface area contributed by atoms with Gasteiger partial charge < -0.3 is 40.0 Å². The molecule has 11 nitrogen and oxygen atoms in total. The van der Waals surface area contributed by atoms with Gasteiger partial charge in [0.1, 0.15) is 0 Å². The molecule has 0 aliphatic heterocycles. The van der Waals surface area contributed by atoms with Gasteiger partial charge in [0, 0.05) is 0 Å². The summed E-state index contributed by atoms with van der Waals surface area (Å²) in [4.78, 5) is 31.0. The van der Waals surface area contributed by atoms with Crippen molar-refractivity contribution in [1.82, 2.24) is 0 Å². The molecule has 0 saturated heterocycles. The van der Waals surface area contributed by atoms with Crippen molar-refractivity contribution in [2.24, 2.45) is 5.41 Å². The van der Waals surface area contributed by atoms with Crippen molar-refractivity contribution >= 4 is 15.6 Å². The maximum atomic E-state index is 9.63. The molecule has 0 aromatic carbocycles. The molecule has 0 spiro atoms. The predicted molar refractivity (Wildman–Crippen MR) is 65.2 cm³/mol. The summed E-state index contributed by atoms with van der Waals surface area (Å²) >= 11 is 0. The number of hydrogen-bond acceptors (Lipinski definition) is 7. The average Bonchev–Trinajstić information content (AvgIpc) is 2.14. The quantitative estimate of drug-likeness (QED) is 0.246. The molecule has 13 heteroatoms. The molecule has 0 saturated carbocycles. The minimum absolute atomic E-state index is 0.441. The largest absolute Gasteiger partial charge is 0.478 e. The van der Waals surface area contributed by atoms with Gasteiger partial charge in [0.25, 0.3) is 0 Å². The lowest BCUT2D eigenvalue weighted by Gasteiger charge is -2.38. The summed E-state index contributed by atoms with van der Waals surface area (Å²) in [6.45, 7) is 1.56. The monoisotopic (exact) mass is 342 g/mol. The Morgan fingerprint density at radius 3 is 1.10 bits per heavy atom. The van der Waals surface area contributed by atoms with Crippen LogP contribution in [0, 0.1) is 5.41 Å². The smallest absolute Gasteiger partial charge is 0.395 e. The van der Waals surface area contributed by atoms with Crippen molar-refractivity contribution < 1.29 is 53.4 Å². The Morgan fingerprint density at radius 1 is 0.850 bits per heavy atom. The summed E-state index contributed by atoms with van der Waals surface area (Å²) in [6, 6.07) is 0. The van der Waals surface area contributed by atoms with Crippen molar-refractivity contribution in [2.45, 2.75) is 19.4 Å². The molecule has 0 rings (SSSR count). The molecule has 20 heavy (non-hydrogen) atoms. The van der Waals surface area contributed by atoms with Crippen LogP contribution < -0.4 is 0 Å². The third kappa shape index (κ3) is 9.11. The molecule has 0 aliphatic carbocycles. The minimum Gasteiger partial charge on any atom is -0.395 e. The first kappa shape index (κ1) is 22.4. The van der Waals surface area contributed by atoms with Crippen LogP contribution in [0.15, 0.2) is 0 Å². The third-order valence-electron chi connectivity index (χ3n) is 2.42. The Morgan fingerprint density at radius 2 is 1.10 bits per heavy atom. The first-order chi connectivity index (χ1) is 8.64. The van der Waals surface area contributed by atoms with E-state index in [1.54, 1.807) is 0 Å². The van der Waals surface area contributed by atoms with E-state index < -0.39 is 46.5 Å². The lowest BCUT2D eigenvalue weighted by Crippen LogP contribution is -2.51. The number of aliphatic hydroxyl groups is 4. The van der Waals surface area contributed by atoms with Crippen LogP contribution in [0.5, 0.6) is 0 Å². The number of phosphoric acid groups is 2. The van der Waals surface area contributed by atoms with E-state index in [1.807, 2.05) is 0 Å². The maximum absolute atomic E-state index is 9.63. The Kier molecular flexibility index (Phi) is 8.87. The van der Waals surface area contributed by atoms with E-state index in [2.05, 4.69) is 4.31 Å². The summed E-state index contributed by atoms with van der Waals surface area (Å²) < 4.78 is 22.2. The normalized spacial score (nSPS) is 13.7. The van der Waals surface area contributed by atoms with E-state index in [4.69, 9.17) is 34.9 Å². The molecule has 0 atom stereocenters. The Hall–Kier alpha value is 0.100. The van der Waals surface area contributed by atoms with Gasteiger partial charge in [-0.25, -0.2) is 9.13 Å². The lowest BCUT2D eigenvalue weighted by molar-refractivity contribution is -0.133. The minimum atomic E-state index is -5.05. The SMILES string of the molecule is CC(C)(O)C(CO)(CO)CO.O=P(O)(O)OP(=O)(O)O. The van der Waals surface area contributed by atoms with Crippen LogP contribution in [-0.4, -0.2) is 65.4 Å². The highest BCUT2D eigenvalue weighted by Gasteiger charge is 2.42. The van der Waals surface area contributed by atoms with Crippen LogP contribution in [0.1, 0.15) is 13.8 Å². The first-order valence-corrected chi connectivity index (χ1v) is 8.07. The highest BCUT2D eigenvalue weighted by atomic mass is 31.3. The molecule has 0 radical (unpaired) electrons. The van der Waals surface area contributed by atoms with Gasteiger partial charge in [-0.2, -0.15) is 4.31 Å². The number of rotatable bonds is 6. The number of hydrogen-bond donors (Lipinski definition) is 8. The molecular weight excluding hydrogens is 322 g/mol. The van der Waals surface area contributed by atoms with Gasteiger partial charge in [-0.15, -0.1) is 0 Å². The van der Waals surface area contributed by atoms with Crippen LogP contribution in [-0.2, 0) is 13.4 Å². The second-order valence-electron chi connectivity index (χ2n) is 4.38. The van der Waals surface area contributed by atoms with Crippen LogP contribution in [0.2, 0.25) is 0 Å². The summed E-state index contributed by atoms with van der Waals surface area (Å²) in [5, 5.41) is 35.9. The molecule has 0 unspecified atom stereocenters. The zero-order valence-electron chi connectivity index (χ0n) is 10.8. The molecular formula is C7H20O11P2. The Balaban J connectivity index is 0. The highest BCUT2D eigenvalue weighted by molar-refractivity contribution is 7.60. The fourth-order valence-corrected chi connectivity index (χ4v) is 1.98. The van der Waals surface area contributed by atoms with Crippen molar-refractivity contribution in [3.63, 3.8) is 0 Å². The summed E-state index contributed by atoms with van der Waals surface area (Å²) in [6.07, 6.45) is 0. The molecule has 8 N–H and O–H groups in total. The second-order valence-corrected chi connectivity index (χ2v) is 6.99. The molecule has 0 bridgehead atoms. The van der Waals surface area contributed by atoms with Gasteiger partial charge in [-0.05, 0) is 13.8 Å². The van der Waals surface area contributed by atoms with Crippen LogP contribution in [0.25, 0.3) is 0 Å². The van der Waals surface area contributed by atoms with Crippen LogP contribution in [0.3, 0.4) is 0 Å². The predicted octanol–water partition coefficient (Wildman–Crippen LogP) is -2.09. The fourth-order valence-electron chi connectivity index (χ4n) is 0.869. The molecule has 0 aromatic heterocycles. The average molecular weight is 342 g/mol. The standard InChI is InChI=1S/C7H16O4.H4O7P2/c1-6(2,11)7(3-8,4-9)5-10;1-8(2,3)7-9(4,5)6/h8-11H,3-5H2,1-2H3;(H2,1,2,3)(H2,4,5,6). The topological polar surface area (TPSA) is 205 Å².